The summed E-state index contributed by atoms with van der Waals surface area (Å²) in [4.78, 5) is 0. The van der Waals surface area contributed by atoms with Gasteiger partial charge in [0.2, 0.25) is 0 Å². The lowest BCUT2D eigenvalue weighted by Crippen LogP contribution is -2.20. The highest BCUT2D eigenvalue weighted by Crippen LogP contribution is 2.32. The maximum absolute atomic E-state index is 6.23. The Balaban J connectivity index is 2.95. The monoisotopic (exact) mass is 241 g/mol. The Morgan fingerprint density at radius 1 is 1.31 bits per heavy atom. The molecular weight excluding hydrogens is 222 g/mol. The van der Waals surface area contributed by atoms with Crippen molar-refractivity contribution in [3.8, 4) is 5.75 Å². The van der Waals surface area contributed by atoms with Crippen LogP contribution in [0.3, 0.4) is 0 Å². The maximum atomic E-state index is 6.23. The number of hydrogen-bond donors (Lipinski definition) is 1. The first-order valence-corrected chi connectivity index (χ1v) is 6.10. The van der Waals surface area contributed by atoms with Crippen molar-refractivity contribution in [2.45, 2.75) is 32.7 Å². The van der Waals surface area contributed by atoms with E-state index in [2.05, 4.69) is 13.8 Å². The van der Waals surface area contributed by atoms with E-state index in [1.807, 2.05) is 18.2 Å². The third-order valence-electron chi connectivity index (χ3n) is 3.12. The highest BCUT2D eigenvalue weighted by molar-refractivity contribution is 6.31. The fraction of sp³-hybridized carbons (Fsp3) is 0.538. The van der Waals surface area contributed by atoms with E-state index in [4.69, 9.17) is 22.1 Å². The van der Waals surface area contributed by atoms with Gasteiger partial charge in [0, 0.05) is 11.1 Å². The smallest absolute Gasteiger partial charge is 0.120 e. The van der Waals surface area contributed by atoms with E-state index in [1.54, 1.807) is 7.11 Å². The molecule has 0 aliphatic heterocycles. The zero-order valence-corrected chi connectivity index (χ0v) is 10.9. The van der Waals surface area contributed by atoms with Crippen LogP contribution in [0.1, 0.15) is 38.3 Å². The second kappa shape index (κ2) is 6.12. The van der Waals surface area contributed by atoms with Crippen molar-refractivity contribution in [1.82, 2.24) is 0 Å². The lowest BCUT2D eigenvalue weighted by Gasteiger charge is -2.22. The minimum atomic E-state index is 0.00778. The molecule has 1 aromatic rings. The fourth-order valence-corrected chi connectivity index (χ4v) is 2.25. The summed E-state index contributed by atoms with van der Waals surface area (Å²) >= 11 is 6.20. The van der Waals surface area contributed by atoms with Gasteiger partial charge in [-0.25, -0.2) is 0 Å². The Labute approximate surface area is 103 Å². The van der Waals surface area contributed by atoms with Crippen LogP contribution in [0.5, 0.6) is 5.75 Å². The molecule has 1 aromatic carbocycles. The largest absolute Gasteiger partial charge is 0.497 e. The second-order valence-corrected chi connectivity index (χ2v) is 4.40. The molecule has 16 heavy (non-hydrogen) atoms. The van der Waals surface area contributed by atoms with Crippen molar-refractivity contribution >= 4 is 11.6 Å². The van der Waals surface area contributed by atoms with Crippen LogP contribution in [0.2, 0.25) is 5.02 Å². The average molecular weight is 242 g/mol. The zero-order chi connectivity index (χ0) is 12.1. The number of ether oxygens (including phenoxy) is 1. The van der Waals surface area contributed by atoms with Crippen LogP contribution in [-0.2, 0) is 0 Å². The van der Waals surface area contributed by atoms with E-state index < -0.39 is 0 Å². The number of rotatable bonds is 5. The summed E-state index contributed by atoms with van der Waals surface area (Å²) in [5.41, 5.74) is 7.24. The van der Waals surface area contributed by atoms with Crippen LogP contribution in [0, 0.1) is 5.92 Å². The van der Waals surface area contributed by atoms with Crippen LogP contribution < -0.4 is 10.5 Å². The van der Waals surface area contributed by atoms with E-state index in [0.29, 0.717) is 10.9 Å². The summed E-state index contributed by atoms with van der Waals surface area (Å²) in [6, 6.07) is 5.70. The Morgan fingerprint density at radius 2 is 1.94 bits per heavy atom. The van der Waals surface area contributed by atoms with E-state index in [9.17, 15) is 0 Å². The molecule has 1 rings (SSSR count). The molecule has 2 N–H and O–H groups in total. The molecule has 0 spiro atoms. The maximum Gasteiger partial charge on any atom is 0.120 e. The summed E-state index contributed by atoms with van der Waals surface area (Å²) in [7, 11) is 1.63. The SMILES string of the molecule is CCC(CC)C(N)c1ccc(OC)cc1Cl. The number of nitrogens with two attached hydrogens (primary N) is 1. The molecule has 1 atom stereocenters. The molecule has 0 saturated heterocycles. The van der Waals surface area contributed by atoms with Gasteiger partial charge < -0.3 is 10.5 Å². The minimum absolute atomic E-state index is 0.00778. The van der Waals surface area contributed by atoms with Crippen LogP contribution >= 0.6 is 11.6 Å². The third kappa shape index (κ3) is 2.89. The third-order valence-corrected chi connectivity index (χ3v) is 3.45. The topological polar surface area (TPSA) is 35.2 Å². The van der Waals surface area contributed by atoms with Crippen molar-refractivity contribution in [1.29, 1.82) is 0 Å². The first kappa shape index (κ1) is 13.3. The van der Waals surface area contributed by atoms with Crippen molar-refractivity contribution in [3.63, 3.8) is 0 Å². The summed E-state index contributed by atoms with van der Waals surface area (Å²) in [5, 5.41) is 0.693. The van der Waals surface area contributed by atoms with Crippen LogP contribution in [0.25, 0.3) is 0 Å². The standard InChI is InChI=1S/C13H20ClNO/c1-4-9(5-2)13(15)11-7-6-10(16-3)8-12(11)14/h6-9,13H,4-5,15H2,1-3H3. The Morgan fingerprint density at radius 3 is 2.38 bits per heavy atom. The molecule has 90 valence electrons. The highest BCUT2D eigenvalue weighted by atomic mass is 35.5. The normalized spacial score (nSPS) is 12.9. The Bertz CT molecular complexity index is 337. The zero-order valence-electron chi connectivity index (χ0n) is 10.2. The van der Waals surface area contributed by atoms with Crippen LogP contribution in [0.4, 0.5) is 0 Å². The predicted molar refractivity (Wildman–Crippen MR) is 69.0 cm³/mol. The lowest BCUT2D eigenvalue weighted by atomic mass is 9.89. The van der Waals surface area contributed by atoms with Gasteiger partial charge in [-0.2, -0.15) is 0 Å². The van der Waals surface area contributed by atoms with Gasteiger partial charge in [-0.3, -0.25) is 0 Å². The molecule has 0 bridgehead atoms. The van der Waals surface area contributed by atoms with Gasteiger partial charge in [-0.1, -0.05) is 44.4 Å². The molecular formula is C13H20ClNO. The fourth-order valence-electron chi connectivity index (χ4n) is 1.96. The molecule has 0 amide bonds. The van der Waals surface area contributed by atoms with Gasteiger partial charge in [0.15, 0.2) is 0 Å². The average Bonchev–Trinajstić information content (AvgIpc) is 2.30. The molecule has 0 aliphatic rings. The molecule has 0 aromatic heterocycles. The summed E-state index contributed by atoms with van der Waals surface area (Å²) in [6.07, 6.45) is 2.14. The van der Waals surface area contributed by atoms with E-state index in [1.165, 1.54) is 0 Å². The van der Waals surface area contributed by atoms with Gasteiger partial charge in [-0.15, -0.1) is 0 Å². The van der Waals surface area contributed by atoms with E-state index in [-0.39, 0.29) is 6.04 Å². The summed E-state index contributed by atoms with van der Waals surface area (Å²) in [5.74, 6) is 1.25. The van der Waals surface area contributed by atoms with Gasteiger partial charge in [-0.05, 0) is 23.6 Å². The van der Waals surface area contributed by atoms with Crippen molar-refractivity contribution in [2.75, 3.05) is 7.11 Å². The van der Waals surface area contributed by atoms with Gasteiger partial charge >= 0.3 is 0 Å². The molecule has 1 unspecified atom stereocenters. The van der Waals surface area contributed by atoms with Crippen LogP contribution in [0.15, 0.2) is 18.2 Å². The van der Waals surface area contributed by atoms with Crippen molar-refractivity contribution in [2.24, 2.45) is 11.7 Å². The number of hydrogen-bond acceptors (Lipinski definition) is 2. The highest BCUT2D eigenvalue weighted by Gasteiger charge is 2.18. The summed E-state index contributed by atoms with van der Waals surface area (Å²) < 4.78 is 5.12. The second-order valence-electron chi connectivity index (χ2n) is 3.99. The molecule has 0 radical (unpaired) electrons. The number of halogens is 1. The molecule has 0 aliphatic carbocycles. The lowest BCUT2D eigenvalue weighted by molar-refractivity contribution is 0.402. The molecule has 2 nitrogen and oxygen atoms in total. The first-order valence-electron chi connectivity index (χ1n) is 5.73. The predicted octanol–water partition coefficient (Wildman–Crippen LogP) is 3.78. The first-order chi connectivity index (χ1) is 7.63. The Hall–Kier alpha value is -0.730. The molecule has 3 heteroatoms. The quantitative estimate of drug-likeness (QED) is 0.852. The molecule has 0 heterocycles. The number of benzene rings is 1. The van der Waals surface area contributed by atoms with E-state index >= 15 is 0 Å². The van der Waals surface area contributed by atoms with Gasteiger partial charge in [0.1, 0.15) is 5.75 Å². The minimum Gasteiger partial charge on any atom is -0.497 e. The van der Waals surface area contributed by atoms with Crippen LogP contribution in [-0.4, -0.2) is 7.11 Å². The van der Waals surface area contributed by atoms with Crippen molar-refractivity contribution in [3.05, 3.63) is 28.8 Å². The van der Waals surface area contributed by atoms with Gasteiger partial charge in [0.25, 0.3) is 0 Å². The summed E-state index contributed by atoms with van der Waals surface area (Å²) in [6.45, 7) is 4.32. The molecule has 0 fully saturated rings. The van der Waals surface area contributed by atoms with E-state index in [0.717, 1.165) is 24.2 Å². The number of methoxy groups -OCH3 is 1. The van der Waals surface area contributed by atoms with Gasteiger partial charge in [0.05, 0.1) is 7.11 Å². The Kier molecular flexibility index (Phi) is 5.10. The molecule has 0 saturated carbocycles. The van der Waals surface area contributed by atoms with Crippen molar-refractivity contribution < 1.29 is 4.74 Å².